The maximum Gasteiger partial charge on any atom is 0.0582 e. The van der Waals surface area contributed by atoms with Crippen molar-refractivity contribution in [3.63, 3.8) is 0 Å². The molecule has 3 atom stereocenters. The van der Waals surface area contributed by atoms with Gasteiger partial charge in [-0.05, 0) is 80.0 Å². The number of aliphatic hydroxyl groups is 1. The summed E-state index contributed by atoms with van der Waals surface area (Å²) in [5, 5.41) is 10.5. The number of rotatable bonds is 5. The molecule has 0 saturated heterocycles. The third kappa shape index (κ3) is 2.58. The molecule has 1 heteroatoms. The van der Waals surface area contributed by atoms with Crippen LogP contribution in [0.15, 0.2) is 12.2 Å². The van der Waals surface area contributed by atoms with Gasteiger partial charge in [-0.15, -0.1) is 0 Å². The molecular weight excluding hydrogens is 244 g/mol. The average molecular weight is 276 g/mol. The van der Waals surface area contributed by atoms with E-state index in [1.807, 2.05) is 0 Å². The van der Waals surface area contributed by atoms with Crippen molar-refractivity contribution < 1.29 is 5.11 Å². The predicted octanol–water partition coefficient (Wildman–Crippen LogP) is 5.09. The largest absolute Gasteiger partial charge is 0.393 e. The van der Waals surface area contributed by atoms with E-state index in [1.165, 1.54) is 44.1 Å². The van der Waals surface area contributed by atoms with Crippen LogP contribution in [0.2, 0.25) is 0 Å². The molecule has 0 heterocycles. The smallest absolute Gasteiger partial charge is 0.0582 e. The first-order chi connectivity index (χ1) is 9.26. The first-order valence-electron chi connectivity index (χ1n) is 8.60. The van der Waals surface area contributed by atoms with E-state index in [2.05, 4.69) is 27.4 Å². The fraction of sp³-hybridized carbons (Fsp3) is 0.895. The summed E-state index contributed by atoms with van der Waals surface area (Å²) >= 11 is 0. The highest BCUT2D eigenvalue weighted by Crippen LogP contribution is 2.70. The lowest BCUT2D eigenvalue weighted by Crippen LogP contribution is -2.55. The van der Waals surface area contributed by atoms with Gasteiger partial charge in [0, 0.05) is 0 Å². The molecule has 4 aliphatic rings. The fourth-order valence-corrected chi connectivity index (χ4v) is 6.96. The minimum Gasteiger partial charge on any atom is -0.393 e. The zero-order valence-electron chi connectivity index (χ0n) is 13.7. The summed E-state index contributed by atoms with van der Waals surface area (Å²) in [6.07, 6.45) is 11.1. The average Bonchev–Trinajstić information content (AvgIpc) is 2.22. The van der Waals surface area contributed by atoms with Gasteiger partial charge in [-0.2, -0.15) is 0 Å². The number of hydrogen-bond donors (Lipinski definition) is 1. The Kier molecular flexibility index (Phi) is 3.36. The lowest BCUT2D eigenvalue weighted by molar-refractivity contribution is -0.156. The van der Waals surface area contributed by atoms with Gasteiger partial charge < -0.3 is 5.11 Å². The van der Waals surface area contributed by atoms with Crippen molar-refractivity contribution in [3.05, 3.63) is 12.2 Å². The molecule has 114 valence electrons. The number of aliphatic hydroxyl groups excluding tert-OH is 1. The second-order valence-electron chi connectivity index (χ2n) is 9.30. The highest BCUT2D eigenvalue weighted by molar-refractivity contribution is 5.11. The van der Waals surface area contributed by atoms with Crippen LogP contribution in [0.5, 0.6) is 0 Å². The second kappa shape index (κ2) is 4.60. The molecule has 1 N–H and O–H groups in total. The third-order valence-corrected chi connectivity index (χ3v) is 6.43. The van der Waals surface area contributed by atoms with Crippen LogP contribution in [0.3, 0.4) is 0 Å². The highest BCUT2D eigenvalue weighted by Gasteiger charge is 2.60. The normalized spacial score (nSPS) is 47.5. The monoisotopic (exact) mass is 276 g/mol. The van der Waals surface area contributed by atoms with Crippen LogP contribution in [0, 0.1) is 22.2 Å². The molecule has 4 rings (SSSR count). The maximum atomic E-state index is 10.5. The van der Waals surface area contributed by atoms with E-state index in [4.69, 9.17) is 0 Å². The Labute approximate surface area is 124 Å². The Bertz CT molecular complexity index is 392. The standard InChI is InChI=1S/C19H32O/c1-5-14(2)6-16(20)10-19-9-15-7-17(3,12-19)11-18(4,8-15)13-19/h15-16,20H,2,5-13H2,1,3-4H3. The van der Waals surface area contributed by atoms with E-state index in [-0.39, 0.29) is 6.10 Å². The van der Waals surface area contributed by atoms with Gasteiger partial charge in [0.05, 0.1) is 6.10 Å². The van der Waals surface area contributed by atoms with E-state index >= 15 is 0 Å². The van der Waals surface area contributed by atoms with Crippen molar-refractivity contribution in [1.29, 1.82) is 0 Å². The lowest BCUT2D eigenvalue weighted by atomic mass is 9.39. The van der Waals surface area contributed by atoms with Crippen LogP contribution in [0.25, 0.3) is 0 Å². The first-order valence-corrected chi connectivity index (χ1v) is 8.60. The molecule has 1 nitrogen and oxygen atoms in total. The molecule has 0 spiro atoms. The Morgan fingerprint density at radius 1 is 1.15 bits per heavy atom. The van der Waals surface area contributed by atoms with Crippen molar-refractivity contribution in [3.8, 4) is 0 Å². The van der Waals surface area contributed by atoms with Gasteiger partial charge in [-0.3, -0.25) is 0 Å². The summed E-state index contributed by atoms with van der Waals surface area (Å²) < 4.78 is 0. The Morgan fingerprint density at radius 2 is 1.75 bits per heavy atom. The summed E-state index contributed by atoms with van der Waals surface area (Å²) in [5.41, 5.74) is 2.78. The fourth-order valence-electron chi connectivity index (χ4n) is 6.96. The zero-order valence-corrected chi connectivity index (χ0v) is 13.7. The van der Waals surface area contributed by atoms with Crippen LogP contribution in [0.4, 0.5) is 0 Å². The van der Waals surface area contributed by atoms with Crippen LogP contribution in [0.1, 0.15) is 78.6 Å². The quantitative estimate of drug-likeness (QED) is 0.693. The lowest BCUT2D eigenvalue weighted by Gasteiger charge is -2.66. The molecule has 4 fully saturated rings. The van der Waals surface area contributed by atoms with Gasteiger partial charge in [0.1, 0.15) is 0 Å². The predicted molar refractivity (Wildman–Crippen MR) is 84.5 cm³/mol. The van der Waals surface area contributed by atoms with Crippen LogP contribution < -0.4 is 0 Å². The van der Waals surface area contributed by atoms with Crippen molar-refractivity contribution in [1.82, 2.24) is 0 Å². The molecule has 4 bridgehead atoms. The Balaban J connectivity index is 1.74. The molecule has 3 unspecified atom stereocenters. The van der Waals surface area contributed by atoms with Gasteiger partial charge in [0.25, 0.3) is 0 Å². The second-order valence-corrected chi connectivity index (χ2v) is 9.30. The topological polar surface area (TPSA) is 20.2 Å². The minimum atomic E-state index is -0.161. The summed E-state index contributed by atoms with van der Waals surface area (Å²) in [7, 11) is 0. The van der Waals surface area contributed by atoms with E-state index in [9.17, 15) is 5.11 Å². The van der Waals surface area contributed by atoms with Crippen LogP contribution in [-0.2, 0) is 0 Å². The molecule has 0 amide bonds. The van der Waals surface area contributed by atoms with E-state index in [0.717, 1.165) is 25.2 Å². The molecule has 4 aliphatic carbocycles. The van der Waals surface area contributed by atoms with Crippen molar-refractivity contribution in [2.75, 3.05) is 0 Å². The summed E-state index contributed by atoms with van der Waals surface area (Å²) in [4.78, 5) is 0. The minimum absolute atomic E-state index is 0.161. The van der Waals surface area contributed by atoms with Crippen molar-refractivity contribution in [2.24, 2.45) is 22.2 Å². The van der Waals surface area contributed by atoms with Gasteiger partial charge in [-0.25, -0.2) is 0 Å². The molecule has 4 saturated carbocycles. The molecule has 20 heavy (non-hydrogen) atoms. The summed E-state index contributed by atoms with van der Waals surface area (Å²) in [6, 6.07) is 0. The van der Waals surface area contributed by atoms with Gasteiger partial charge >= 0.3 is 0 Å². The highest BCUT2D eigenvalue weighted by atomic mass is 16.3. The van der Waals surface area contributed by atoms with E-state index in [1.54, 1.807) is 0 Å². The molecule has 0 aromatic rings. The van der Waals surface area contributed by atoms with Gasteiger partial charge in [0.2, 0.25) is 0 Å². The SMILES string of the molecule is C=C(CC)CC(O)CC12CC3CC(C)(CC(C)(C3)C1)C2. The van der Waals surface area contributed by atoms with E-state index in [0.29, 0.717) is 16.2 Å². The molecule has 0 radical (unpaired) electrons. The zero-order chi connectivity index (χ0) is 14.6. The van der Waals surface area contributed by atoms with Crippen LogP contribution in [-0.4, -0.2) is 11.2 Å². The van der Waals surface area contributed by atoms with Gasteiger partial charge in [-0.1, -0.05) is 32.9 Å². The number of hydrogen-bond acceptors (Lipinski definition) is 1. The molecule has 0 aromatic carbocycles. The third-order valence-electron chi connectivity index (χ3n) is 6.43. The summed E-state index contributed by atoms with van der Waals surface area (Å²) in [6.45, 7) is 11.2. The molecule has 0 aliphatic heterocycles. The summed E-state index contributed by atoms with van der Waals surface area (Å²) in [5.74, 6) is 0.933. The molecule has 0 aromatic heterocycles. The molecular formula is C19H32O. The van der Waals surface area contributed by atoms with Crippen molar-refractivity contribution in [2.45, 2.75) is 84.7 Å². The van der Waals surface area contributed by atoms with Crippen LogP contribution >= 0.6 is 0 Å². The first kappa shape index (κ1) is 14.6. The van der Waals surface area contributed by atoms with E-state index < -0.39 is 0 Å². The Hall–Kier alpha value is -0.300. The van der Waals surface area contributed by atoms with Gasteiger partial charge in [0.15, 0.2) is 0 Å². The maximum absolute atomic E-state index is 10.5. The van der Waals surface area contributed by atoms with Crippen molar-refractivity contribution >= 4 is 0 Å². The Morgan fingerprint density at radius 3 is 2.25 bits per heavy atom.